The quantitative estimate of drug-likeness (QED) is 0.439. The number of para-hydroxylation sites is 1. The number of nitrogens with zero attached hydrogens (tertiary/aromatic N) is 4. The minimum atomic E-state index is -0.998. The van der Waals surface area contributed by atoms with E-state index in [0.29, 0.717) is 35.8 Å². The van der Waals surface area contributed by atoms with E-state index in [1.807, 2.05) is 33.8 Å². The third-order valence-corrected chi connectivity index (χ3v) is 7.14. The van der Waals surface area contributed by atoms with Crippen molar-refractivity contribution in [3.63, 3.8) is 0 Å². The Hall–Kier alpha value is -3.72. The standard InChI is InChI=1S/C25H25N5O3S/c1-13-9-18(15(3)26-19-8-6-5-7-17(19)25(32)33)23-28-22(14(2)24(31)30(23)10-13)29-11-20-21(12-29)34-16(4)27-20/h5-10,15,26H,11-12H2,1-4H3,(H,32,33)/t15-/m1/s1. The van der Waals surface area contributed by atoms with Crippen LogP contribution in [0.25, 0.3) is 5.65 Å². The highest BCUT2D eigenvalue weighted by Crippen LogP contribution is 2.33. The molecule has 0 unspecified atom stereocenters. The molecular weight excluding hydrogens is 450 g/mol. The fourth-order valence-corrected chi connectivity index (χ4v) is 5.50. The van der Waals surface area contributed by atoms with Gasteiger partial charge in [-0.1, -0.05) is 12.1 Å². The van der Waals surface area contributed by atoms with Crippen molar-refractivity contribution in [1.29, 1.82) is 0 Å². The van der Waals surface area contributed by atoms with E-state index in [4.69, 9.17) is 4.98 Å². The average Bonchev–Trinajstić information content (AvgIpc) is 3.33. The molecule has 0 amide bonds. The van der Waals surface area contributed by atoms with E-state index in [0.717, 1.165) is 21.8 Å². The smallest absolute Gasteiger partial charge is 0.337 e. The lowest BCUT2D eigenvalue weighted by Crippen LogP contribution is -2.27. The van der Waals surface area contributed by atoms with Crippen LogP contribution >= 0.6 is 11.3 Å². The molecule has 0 saturated heterocycles. The van der Waals surface area contributed by atoms with Gasteiger partial charge in [0.1, 0.15) is 11.5 Å². The van der Waals surface area contributed by atoms with Gasteiger partial charge in [0.2, 0.25) is 0 Å². The molecule has 5 rings (SSSR count). The van der Waals surface area contributed by atoms with Crippen LogP contribution in [0.3, 0.4) is 0 Å². The van der Waals surface area contributed by atoms with E-state index in [9.17, 15) is 14.7 Å². The first-order valence-corrected chi connectivity index (χ1v) is 11.9. The van der Waals surface area contributed by atoms with Gasteiger partial charge in [0.05, 0.1) is 41.0 Å². The molecule has 0 saturated carbocycles. The SMILES string of the molecule is Cc1cc([C@@H](C)Nc2ccccc2C(=O)O)c2nc(N3Cc4nc(C)sc4C3)c(C)c(=O)n2c1. The second-order valence-electron chi connectivity index (χ2n) is 8.71. The van der Waals surface area contributed by atoms with Crippen LogP contribution in [0.2, 0.25) is 0 Å². The van der Waals surface area contributed by atoms with Crippen molar-refractivity contribution in [3.05, 3.63) is 84.7 Å². The molecule has 1 aromatic carbocycles. The number of aromatic nitrogens is 3. The molecule has 3 aromatic heterocycles. The van der Waals surface area contributed by atoms with Crippen molar-refractivity contribution in [2.24, 2.45) is 0 Å². The lowest BCUT2D eigenvalue weighted by Gasteiger charge is -2.23. The molecule has 4 aromatic rings. The number of rotatable bonds is 5. The molecule has 0 aliphatic carbocycles. The summed E-state index contributed by atoms with van der Waals surface area (Å²) in [4.78, 5) is 38.0. The van der Waals surface area contributed by atoms with Gasteiger partial charge in [0.25, 0.3) is 5.56 Å². The maximum Gasteiger partial charge on any atom is 0.337 e. The van der Waals surface area contributed by atoms with Crippen molar-refractivity contribution < 1.29 is 9.90 Å². The summed E-state index contributed by atoms with van der Waals surface area (Å²) in [5.41, 5.74) is 4.54. The molecule has 0 spiro atoms. The van der Waals surface area contributed by atoms with E-state index in [1.54, 1.807) is 46.2 Å². The average molecular weight is 476 g/mol. The molecule has 4 heterocycles. The number of carboxylic acid groups (broad SMARTS) is 1. The molecular formula is C25H25N5O3S. The number of anilines is 2. The molecule has 9 heteroatoms. The van der Waals surface area contributed by atoms with Gasteiger partial charge in [-0.25, -0.2) is 14.8 Å². The molecule has 0 fully saturated rings. The number of aryl methyl sites for hydroxylation is 2. The van der Waals surface area contributed by atoms with Crippen LogP contribution < -0.4 is 15.8 Å². The predicted molar refractivity (Wildman–Crippen MR) is 133 cm³/mol. The van der Waals surface area contributed by atoms with Crippen molar-refractivity contribution in [2.45, 2.75) is 46.8 Å². The summed E-state index contributed by atoms with van der Waals surface area (Å²) in [5.74, 6) is -0.335. The number of benzene rings is 1. The third-order valence-electron chi connectivity index (χ3n) is 6.14. The summed E-state index contributed by atoms with van der Waals surface area (Å²) < 4.78 is 1.60. The first-order valence-electron chi connectivity index (χ1n) is 11.1. The van der Waals surface area contributed by atoms with Crippen molar-refractivity contribution in [3.8, 4) is 0 Å². The van der Waals surface area contributed by atoms with E-state index in [2.05, 4.69) is 15.2 Å². The Morgan fingerprint density at radius 1 is 1.18 bits per heavy atom. The largest absolute Gasteiger partial charge is 0.478 e. The van der Waals surface area contributed by atoms with Gasteiger partial charge in [0.15, 0.2) is 0 Å². The summed E-state index contributed by atoms with van der Waals surface area (Å²) in [6.45, 7) is 9.01. The Balaban J connectivity index is 1.59. The highest BCUT2D eigenvalue weighted by molar-refractivity contribution is 7.11. The van der Waals surface area contributed by atoms with Crippen LogP contribution in [0.15, 0.2) is 41.3 Å². The van der Waals surface area contributed by atoms with Crippen LogP contribution in [0, 0.1) is 20.8 Å². The fourth-order valence-electron chi connectivity index (χ4n) is 4.54. The number of pyridine rings is 1. The molecule has 1 aliphatic heterocycles. The van der Waals surface area contributed by atoms with Crippen LogP contribution in [0.1, 0.15) is 55.6 Å². The first-order chi connectivity index (χ1) is 16.2. The maximum atomic E-state index is 13.4. The van der Waals surface area contributed by atoms with Crippen molar-refractivity contribution in [2.75, 3.05) is 10.2 Å². The van der Waals surface area contributed by atoms with Crippen LogP contribution in [0.5, 0.6) is 0 Å². The molecule has 2 N–H and O–H groups in total. The number of fused-ring (bicyclic) bond motifs is 2. The Labute approximate surface area is 200 Å². The molecule has 174 valence electrons. The van der Waals surface area contributed by atoms with Crippen LogP contribution in [-0.4, -0.2) is 25.4 Å². The van der Waals surface area contributed by atoms with Gasteiger partial charge in [-0.3, -0.25) is 9.20 Å². The third kappa shape index (κ3) is 3.71. The number of thiazole rings is 1. The highest BCUT2D eigenvalue weighted by atomic mass is 32.1. The zero-order valence-electron chi connectivity index (χ0n) is 19.4. The second kappa shape index (κ2) is 8.25. The Morgan fingerprint density at radius 3 is 2.68 bits per heavy atom. The Kier molecular flexibility index (Phi) is 5.36. The lowest BCUT2D eigenvalue weighted by molar-refractivity contribution is 0.0698. The van der Waals surface area contributed by atoms with Crippen molar-refractivity contribution in [1.82, 2.24) is 14.4 Å². The van der Waals surface area contributed by atoms with E-state index >= 15 is 0 Å². The summed E-state index contributed by atoms with van der Waals surface area (Å²) in [7, 11) is 0. The minimum absolute atomic E-state index is 0.109. The molecule has 1 atom stereocenters. The van der Waals surface area contributed by atoms with Crippen LogP contribution in [-0.2, 0) is 13.1 Å². The first kappa shape index (κ1) is 22.1. The number of hydrogen-bond acceptors (Lipinski definition) is 7. The molecule has 0 radical (unpaired) electrons. The fraction of sp³-hybridized carbons (Fsp3) is 0.280. The topological polar surface area (TPSA) is 99.8 Å². The van der Waals surface area contributed by atoms with E-state index in [-0.39, 0.29) is 17.2 Å². The van der Waals surface area contributed by atoms with Gasteiger partial charge in [-0.05, 0) is 51.5 Å². The summed E-state index contributed by atoms with van der Waals surface area (Å²) in [6.07, 6.45) is 1.80. The van der Waals surface area contributed by atoms with Gasteiger partial charge in [0, 0.05) is 22.3 Å². The number of carbonyl (C=O) groups is 1. The van der Waals surface area contributed by atoms with Gasteiger partial charge in [-0.2, -0.15) is 0 Å². The number of aromatic carboxylic acids is 1. The van der Waals surface area contributed by atoms with Crippen LogP contribution in [0.4, 0.5) is 11.5 Å². The zero-order valence-corrected chi connectivity index (χ0v) is 20.2. The highest BCUT2D eigenvalue weighted by Gasteiger charge is 2.27. The van der Waals surface area contributed by atoms with E-state index in [1.165, 1.54) is 4.88 Å². The predicted octanol–water partition coefficient (Wildman–Crippen LogP) is 4.47. The van der Waals surface area contributed by atoms with Gasteiger partial charge >= 0.3 is 5.97 Å². The van der Waals surface area contributed by atoms with Gasteiger partial charge < -0.3 is 15.3 Å². The molecule has 34 heavy (non-hydrogen) atoms. The lowest BCUT2D eigenvalue weighted by atomic mass is 10.1. The Morgan fingerprint density at radius 2 is 1.94 bits per heavy atom. The Bertz CT molecular complexity index is 1480. The molecule has 0 bridgehead atoms. The van der Waals surface area contributed by atoms with Crippen molar-refractivity contribution >= 4 is 34.5 Å². The summed E-state index contributed by atoms with van der Waals surface area (Å²) in [5, 5.41) is 13.9. The molecule has 8 nitrogen and oxygen atoms in total. The monoisotopic (exact) mass is 475 g/mol. The summed E-state index contributed by atoms with van der Waals surface area (Å²) in [6, 6.07) is 8.50. The maximum absolute atomic E-state index is 13.4. The van der Waals surface area contributed by atoms with Gasteiger partial charge in [-0.15, -0.1) is 11.3 Å². The second-order valence-corrected chi connectivity index (χ2v) is 10.00. The summed E-state index contributed by atoms with van der Waals surface area (Å²) >= 11 is 1.68. The van der Waals surface area contributed by atoms with E-state index < -0.39 is 5.97 Å². The molecule has 1 aliphatic rings. The zero-order chi connectivity index (χ0) is 24.1. The number of nitrogens with one attached hydrogen (secondary N) is 1. The normalized spacial score (nSPS) is 13.8. The number of hydrogen-bond donors (Lipinski definition) is 2. The minimum Gasteiger partial charge on any atom is -0.478 e. The number of carboxylic acids is 1.